The lowest BCUT2D eigenvalue weighted by atomic mass is 10.1. The monoisotopic (exact) mass is 324 g/mol. The highest BCUT2D eigenvalue weighted by Crippen LogP contribution is 2.33. The van der Waals surface area contributed by atoms with Crippen molar-refractivity contribution in [1.82, 2.24) is 9.78 Å². The van der Waals surface area contributed by atoms with Crippen LogP contribution in [0.25, 0.3) is 10.1 Å². The molecule has 0 fully saturated rings. The Morgan fingerprint density at radius 1 is 1.43 bits per heavy atom. The Hall–Kier alpha value is -1.43. The molecule has 110 valence electrons. The van der Waals surface area contributed by atoms with Crippen LogP contribution < -0.4 is 0 Å². The number of hydrogen-bond acceptors (Lipinski definition) is 3. The van der Waals surface area contributed by atoms with Crippen LogP contribution >= 0.6 is 22.9 Å². The van der Waals surface area contributed by atoms with Crippen LogP contribution in [0.3, 0.4) is 0 Å². The normalized spacial score (nSPS) is 13.0. The quantitative estimate of drug-likeness (QED) is 0.790. The van der Waals surface area contributed by atoms with Gasteiger partial charge in [-0.2, -0.15) is 5.10 Å². The summed E-state index contributed by atoms with van der Waals surface area (Å²) in [6.45, 7) is 1.87. The van der Waals surface area contributed by atoms with Crippen molar-refractivity contribution in [3.05, 3.63) is 51.4 Å². The topological polar surface area (TPSA) is 38.0 Å². The number of fused-ring (bicyclic) bond motifs is 1. The molecule has 1 N–H and O–H groups in total. The van der Waals surface area contributed by atoms with E-state index in [9.17, 15) is 9.50 Å². The van der Waals surface area contributed by atoms with Crippen LogP contribution in [-0.2, 0) is 13.5 Å². The molecule has 1 unspecified atom stereocenters. The fourth-order valence-corrected chi connectivity index (χ4v) is 3.72. The molecule has 0 amide bonds. The summed E-state index contributed by atoms with van der Waals surface area (Å²) in [5, 5.41) is 16.1. The minimum atomic E-state index is -0.675. The lowest BCUT2D eigenvalue weighted by molar-refractivity contribution is 0.182. The number of benzene rings is 1. The molecule has 0 saturated carbocycles. The largest absolute Gasteiger partial charge is 0.387 e. The Labute approximate surface area is 130 Å². The van der Waals surface area contributed by atoms with Crippen molar-refractivity contribution in [2.75, 3.05) is 0 Å². The Kier molecular flexibility index (Phi) is 3.73. The molecule has 0 aliphatic heterocycles. The van der Waals surface area contributed by atoms with E-state index < -0.39 is 6.10 Å². The van der Waals surface area contributed by atoms with Gasteiger partial charge < -0.3 is 5.11 Å². The average Bonchev–Trinajstić information content (AvgIpc) is 2.95. The van der Waals surface area contributed by atoms with Gasteiger partial charge in [0.1, 0.15) is 11.0 Å². The molecule has 3 nitrogen and oxygen atoms in total. The lowest BCUT2D eigenvalue weighted by Gasteiger charge is -2.08. The van der Waals surface area contributed by atoms with Crippen LogP contribution in [-0.4, -0.2) is 14.9 Å². The second kappa shape index (κ2) is 5.40. The number of hydrogen-bond donors (Lipinski definition) is 1. The number of aryl methyl sites for hydroxylation is 2. The highest BCUT2D eigenvalue weighted by atomic mass is 35.5. The first-order chi connectivity index (χ1) is 9.95. The van der Waals surface area contributed by atoms with E-state index >= 15 is 0 Å². The third-order valence-electron chi connectivity index (χ3n) is 3.50. The average molecular weight is 325 g/mol. The Balaban J connectivity index is 1.91. The van der Waals surface area contributed by atoms with E-state index in [0.29, 0.717) is 11.6 Å². The summed E-state index contributed by atoms with van der Waals surface area (Å²) in [5.74, 6) is -0.267. The molecule has 0 radical (unpaired) electrons. The number of aliphatic hydroxyl groups excluding tert-OH is 1. The number of aliphatic hydroxyl groups is 1. The van der Waals surface area contributed by atoms with Crippen molar-refractivity contribution in [2.45, 2.75) is 19.4 Å². The van der Waals surface area contributed by atoms with E-state index in [-0.39, 0.29) is 5.82 Å². The molecule has 0 aliphatic carbocycles. The molecule has 21 heavy (non-hydrogen) atoms. The van der Waals surface area contributed by atoms with Gasteiger partial charge in [0.2, 0.25) is 0 Å². The zero-order chi connectivity index (χ0) is 15.1. The Bertz CT molecular complexity index is 811. The zero-order valence-corrected chi connectivity index (χ0v) is 13.2. The molecule has 3 aromatic rings. The van der Waals surface area contributed by atoms with Gasteiger partial charge in [-0.1, -0.05) is 17.7 Å². The molecule has 2 heterocycles. The number of rotatable bonds is 3. The molecule has 6 heteroatoms. The van der Waals surface area contributed by atoms with Gasteiger partial charge >= 0.3 is 0 Å². The highest BCUT2D eigenvalue weighted by Gasteiger charge is 2.18. The van der Waals surface area contributed by atoms with Gasteiger partial charge in [-0.15, -0.1) is 11.3 Å². The molecular weight excluding hydrogens is 311 g/mol. The van der Waals surface area contributed by atoms with Crippen molar-refractivity contribution < 1.29 is 9.50 Å². The van der Waals surface area contributed by atoms with Crippen molar-refractivity contribution >= 4 is 33.0 Å². The first-order valence-corrected chi connectivity index (χ1v) is 7.70. The minimum Gasteiger partial charge on any atom is -0.387 e. The summed E-state index contributed by atoms with van der Waals surface area (Å²) in [7, 11) is 1.77. The fourth-order valence-electron chi connectivity index (χ4n) is 2.39. The van der Waals surface area contributed by atoms with E-state index in [2.05, 4.69) is 5.10 Å². The van der Waals surface area contributed by atoms with Crippen LogP contribution in [0, 0.1) is 12.7 Å². The molecule has 0 spiro atoms. The first-order valence-electron chi connectivity index (χ1n) is 6.50. The highest BCUT2D eigenvalue weighted by molar-refractivity contribution is 7.19. The molecular formula is C15H14ClFN2OS. The smallest absolute Gasteiger partial charge is 0.130 e. The van der Waals surface area contributed by atoms with Gasteiger partial charge in [0.15, 0.2) is 0 Å². The standard InChI is InChI=1S/C15H14ClFN2OS/c1-8-11(15(16)19(2)18-8)7-12(20)14-5-9-3-4-10(17)6-13(9)21-14/h3-6,12,20H,7H2,1-2H3. The molecule has 0 aliphatic rings. The van der Waals surface area contributed by atoms with Crippen LogP contribution in [0.15, 0.2) is 24.3 Å². The van der Waals surface area contributed by atoms with Crippen molar-refractivity contribution in [1.29, 1.82) is 0 Å². The van der Waals surface area contributed by atoms with E-state index in [1.54, 1.807) is 17.8 Å². The molecule has 1 atom stereocenters. The number of thiophene rings is 1. The Morgan fingerprint density at radius 3 is 2.86 bits per heavy atom. The van der Waals surface area contributed by atoms with Gasteiger partial charge in [-0.05, 0) is 30.5 Å². The minimum absolute atomic E-state index is 0.267. The number of nitrogens with zero attached hydrogens (tertiary/aromatic N) is 2. The molecule has 0 bridgehead atoms. The SMILES string of the molecule is Cc1nn(C)c(Cl)c1CC(O)c1cc2ccc(F)cc2s1. The van der Waals surface area contributed by atoms with E-state index in [1.807, 2.05) is 13.0 Å². The molecule has 0 saturated heterocycles. The first kappa shape index (κ1) is 14.5. The predicted molar refractivity (Wildman–Crippen MR) is 83.4 cm³/mol. The van der Waals surface area contributed by atoms with Crippen LogP contribution in [0.5, 0.6) is 0 Å². The second-order valence-corrected chi connectivity index (χ2v) is 6.50. The lowest BCUT2D eigenvalue weighted by Crippen LogP contribution is -2.00. The fraction of sp³-hybridized carbons (Fsp3) is 0.267. The summed E-state index contributed by atoms with van der Waals surface area (Å²) in [5.41, 5.74) is 1.66. The molecule has 2 aromatic heterocycles. The van der Waals surface area contributed by atoms with Gasteiger partial charge in [-0.3, -0.25) is 4.68 Å². The maximum Gasteiger partial charge on any atom is 0.130 e. The van der Waals surface area contributed by atoms with E-state index in [0.717, 1.165) is 26.2 Å². The van der Waals surface area contributed by atoms with Crippen molar-refractivity contribution in [3.8, 4) is 0 Å². The summed E-state index contributed by atoms with van der Waals surface area (Å²) >= 11 is 7.59. The number of aromatic nitrogens is 2. The van der Waals surface area contributed by atoms with Crippen molar-refractivity contribution in [3.63, 3.8) is 0 Å². The van der Waals surface area contributed by atoms with Crippen LogP contribution in [0.1, 0.15) is 22.2 Å². The second-order valence-electron chi connectivity index (χ2n) is 5.03. The van der Waals surface area contributed by atoms with Crippen molar-refractivity contribution in [2.24, 2.45) is 7.05 Å². The Morgan fingerprint density at radius 2 is 2.19 bits per heavy atom. The van der Waals surface area contributed by atoms with Gasteiger partial charge in [0.05, 0.1) is 11.8 Å². The maximum absolute atomic E-state index is 13.2. The predicted octanol–water partition coefficient (Wildman–Crippen LogP) is 4.01. The van der Waals surface area contributed by atoms with Gasteiger partial charge in [-0.25, -0.2) is 4.39 Å². The summed E-state index contributed by atoms with van der Waals surface area (Å²) in [4.78, 5) is 0.801. The summed E-state index contributed by atoms with van der Waals surface area (Å²) in [6, 6.07) is 6.52. The van der Waals surface area contributed by atoms with E-state index in [4.69, 9.17) is 11.6 Å². The van der Waals surface area contributed by atoms with Gasteiger partial charge in [0.25, 0.3) is 0 Å². The maximum atomic E-state index is 13.2. The summed E-state index contributed by atoms with van der Waals surface area (Å²) < 4.78 is 15.6. The zero-order valence-electron chi connectivity index (χ0n) is 11.6. The molecule has 1 aromatic carbocycles. The van der Waals surface area contributed by atoms with Crippen LogP contribution in [0.2, 0.25) is 5.15 Å². The van der Waals surface area contributed by atoms with Gasteiger partial charge in [0, 0.05) is 28.6 Å². The third kappa shape index (κ3) is 2.69. The third-order valence-corrected chi connectivity index (χ3v) is 5.17. The van der Waals surface area contributed by atoms with E-state index in [1.165, 1.54) is 23.5 Å². The summed E-state index contributed by atoms with van der Waals surface area (Å²) in [6.07, 6.45) is -0.278. The van der Waals surface area contributed by atoms with Crippen LogP contribution in [0.4, 0.5) is 4.39 Å². The number of halogens is 2. The molecule has 3 rings (SSSR count).